The summed E-state index contributed by atoms with van der Waals surface area (Å²) in [4.78, 5) is 33.3. The maximum Gasteiger partial charge on any atom is 0.415 e. The van der Waals surface area contributed by atoms with Crippen molar-refractivity contribution in [3.8, 4) is 11.3 Å². The second-order valence-corrected chi connectivity index (χ2v) is 10.7. The number of carbonyl (C=O) groups excluding carboxylic acids is 2. The minimum absolute atomic E-state index is 0.00464. The van der Waals surface area contributed by atoms with E-state index in [1.807, 2.05) is 19.9 Å². The van der Waals surface area contributed by atoms with Crippen LogP contribution in [0.15, 0.2) is 36.5 Å². The molecule has 1 aliphatic rings. The Balaban J connectivity index is 1.64. The number of hydrogen-bond donors (Lipinski definition) is 1. The zero-order valence-electron chi connectivity index (χ0n) is 21.8. The molecule has 0 aliphatic carbocycles. The Hall–Kier alpha value is -3.54. The van der Waals surface area contributed by atoms with E-state index in [-0.39, 0.29) is 37.1 Å². The van der Waals surface area contributed by atoms with Crippen LogP contribution in [0.5, 0.6) is 0 Å². The number of amides is 2. The highest BCUT2D eigenvalue weighted by atomic mass is 19.4. The summed E-state index contributed by atoms with van der Waals surface area (Å²) in [6, 6.07) is 7.77. The van der Waals surface area contributed by atoms with Crippen molar-refractivity contribution in [3.63, 3.8) is 0 Å². The fourth-order valence-electron chi connectivity index (χ4n) is 4.58. The molecule has 1 aromatic carbocycles. The van der Waals surface area contributed by atoms with Gasteiger partial charge >= 0.3 is 6.18 Å². The molecule has 3 aromatic rings. The Kier molecular flexibility index (Phi) is 6.75. The van der Waals surface area contributed by atoms with Crippen molar-refractivity contribution in [2.24, 2.45) is 5.73 Å². The van der Waals surface area contributed by atoms with Gasteiger partial charge in [0.25, 0.3) is 11.8 Å². The molecule has 1 fully saturated rings. The SMILES string of the molecule is CC(C)c1cc(-c2ccc(F)cc2)nn2cc(C(=O)N3CCN(C(=O)C(C)(N)C(F)(F)F)CC3(C)C)nc12. The molecule has 8 nitrogen and oxygen atoms in total. The van der Waals surface area contributed by atoms with Crippen LogP contribution in [0.4, 0.5) is 17.6 Å². The number of rotatable bonds is 4. The number of benzene rings is 1. The highest BCUT2D eigenvalue weighted by Gasteiger charge is 2.56. The van der Waals surface area contributed by atoms with Crippen molar-refractivity contribution < 1.29 is 27.2 Å². The van der Waals surface area contributed by atoms with Gasteiger partial charge in [-0.25, -0.2) is 13.9 Å². The molecule has 12 heteroatoms. The van der Waals surface area contributed by atoms with E-state index < -0.39 is 29.1 Å². The molecule has 2 amide bonds. The number of aromatic nitrogens is 3. The Morgan fingerprint density at radius 1 is 1.11 bits per heavy atom. The van der Waals surface area contributed by atoms with Crippen molar-refractivity contribution >= 4 is 17.5 Å². The van der Waals surface area contributed by atoms with Gasteiger partial charge in [-0.1, -0.05) is 13.8 Å². The van der Waals surface area contributed by atoms with Crippen LogP contribution in [0, 0.1) is 5.82 Å². The molecule has 0 radical (unpaired) electrons. The van der Waals surface area contributed by atoms with Gasteiger partial charge in [-0.05, 0) is 57.0 Å². The first-order valence-corrected chi connectivity index (χ1v) is 12.2. The molecule has 2 N–H and O–H groups in total. The third-order valence-electron chi connectivity index (χ3n) is 6.90. The number of nitrogens with zero attached hydrogens (tertiary/aromatic N) is 5. The molecular weight excluding hydrogens is 504 g/mol. The van der Waals surface area contributed by atoms with Crippen LogP contribution >= 0.6 is 0 Å². The number of carbonyl (C=O) groups is 2. The Labute approximate surface area is 217 Å². The maximum atomic E-state index is 13.6. The number of hydrogen-bond acceptors (Lipinski definition) is 5. The lowest BCUT2D eigenvalue weighted by molar-refractivity contribution is -0.195. The minimum atomic E-state index is -4.91. The summed E-state index contributed by atoms with van der Waals surface area (Å²) in [5, 5.41) is 4.58. The fourth-order valence-corrected chi connectivity index (χ4v) is 4.58. The van der Waals surface area contributed by atoms with Crippen LogP contribution in [0.25, 0.3) is 16.9 Å². The topological polar surface area (TPSA) is 96.8 Å². The Morgan fingerprint density at radius 3 is 2.29 bits per heavy atom. The predicted octanol–water partition coefficient (Wildman–Crippen LogP) is 4.00. The van der Waals surface area contributed by atoms with Gasteiger partial charge in [-0.15, -0.1) is 0 Å². The largest absolute Gasteiger partial charge is 0.415 e. The van der Waals surface area contributed by atoms with E-state index in [1.165, 1.54) is 27.7 Å². The van der Waals surface area contributed by atoms with Crippen LogP contribution < -0.4 is 5.73 Å². The van der Waals surface area contributed by atoms with Gasteiger partial charge in [-0.3, -0.25) is 9.59 Å². The zero-order chi connectivity index (χ0) is 28.2. The molecule has 0 spiro atoms. The van der Waals surface area contributed by atoms with E-state index in [1.54, 1.807) is 26.0 Å². The average molecular weight is 535 g/mol. The van der Waals surface area contributed by atoms with Crippen LogP contribution in [0.2, 0.25) is 0 Å². The summed E-state index contributed by atoms with van der Waals surface area (Å²) < 4.78 is 54.9. The third kappa shape index (κ3) is 4.84. The summed E-state index contributed by atoms with van der Waals surface area (Å²) in [5.41, 5.74) is 4.05. The molecule has 38 heavy (non-hydrogen) atoms. The maximum absolute atomic E-state index is 13.6. The van der Waals surface area contributed by atoms with Gasteiger partial charge in [0.1, 0.15) is 11.5 Å². The van der Waals surface area contributed by atoms with Crippen LogP contribution in [0.1, 0.15) is 56.6 Å². The number of imidazole rings is 1. The normalized spacial score (nSPS) is 17.7. The van der Waals surface area contributed by atoms with E-state index in [0.717, 1.165) is 10.5 Å². The first kappa shape index (κ1) is 27.5. The van der Waals surface area contributed by atoms with Gasteiger partial charge < -0.3 is 15.5 Å². The third-order valence-corrected chi connectivity index (χ3v) is 6.90. The van der Waals surface area contributed by atoms with Crippen LogP contribution in [-0.2, 0) is 4.79 Å². The zero-order valence-corrected chi connectivity index (χ0v) is 21.8. The second kappa shape index (κ2) is 9.33. The summed E-state index contributed by atoms with van der Waals surface area (Å²) in [5.74, 6) is -2.00. The lowest BCUT2D eigenvalue weighted by atomic mass is 9.94. The lowest BCUT2D eigenvalue weighted by Gasteiger charge is -2.48. The van der Waals surface area contributed by atoms with E-state index >= 15 is 0 Å². The molecule has 204 valence electrons. The Bertz CT molecular complexity index is 1380. The number of alkyl halides is 3. The molecule has 1 saturated heterocycles. The smallest absolute Gasteiger partial charge is 0.337 e. The van der Waals surface area contributed by atoms with E-state index in [2.05, 4.69) is 10.1 Å². The average Bonchev–Trinajstić information content (AvgIpc) is 3.25. The second-order valence-electron chi connectivity index (χ2n) is 10.7. The summed E-state index contributed by atoms with van der Waals surface area (Å²) in [6.45, 7) is 7.72. The van der Waals surface area contributed by atoms with Gasteiger partial charge in [0.2, 0.25) is 0 Å². The molecule has 1 aliphatic heterocycles. The standard InChI is InChI=1S/C26H30F4N6O2/c1-15(2)18-12-19(16-6-8-17(27)9-7-16)33-36-13-20(32-21(18)36)22(37)35-11-10-34(14-24(35,3)4)23(38)25(5,31)26(28,29)30/h6-9,12-13,15H,10-11,14,31H2,1-5H3. The van der Waals surface area contributed by atoms with Crippen molar-refractivity contribution in [2.45, 2.75) is 57.8 Å². The summed E-state index contributed by atoms with van der Waals surface area (Å²) in [6.07, 6.45) is -3.41. The van der Waals surface area contributed by atoms with Gasteiger partial charge in [0.05, 0.1) is 17.4 Å². The molecular formula is C26H30F4N6O2. The molecule has 1 atom stereocenters. The molecule has 0 saturated carbocycles. The molecule has 1 unspecified atom stereocenters. The van der Waals surface area contributed by atoms with Crippen molar-refractivity contribution in [3.05, 3.63) is 53.6 Å². The van der Waals surface area contributed by atoms with Gasteiger partial charge in [0, 0.05) is 30.8 Å². The minimum Gasteiger partial charge on any atom is -0.337 e. The van der Waals surface area contributed by atoms with Crippen LogP contribution in [-0.4, -0.2) is 73.1 Å². The van der Waals surface area contributed by atoms with Crippen molar-refractivity contribution in [2.75, 3.05) is 19.6 Å². The highest BCUT2D eigenvalue weighted by molar-refractivity contribution is 5.94. The van der Waals surface area contributed by atoms with Crippen LogP contribution in [0.3, 0.4) is 0 Å². The molecule has 0 bridgehead atoms. The van der Waals surface area contributed by atoms with E-state index in [4.69, 9.17) is 5.73 Å². The van der Waals surface area contributed by atoms with Crippen molar-refractivity contribution in [1.29, 1.82) is 0 Å². The number of nitrogens with two attached hydrogens (primary N) is 1. The predicted molar refractivity (Wildman–Crippen MR) is 133 cm³/mol. The monoisotopic (exact) mass is 534 g/mol. The summed E-state index contributed by atoms with van der Waals surface area (Å²) in [7, 11) is 0. The van der Waals surface area contributed by atoms with Gasteiger partial charge in [-0.2, -0.15) is 18.3 Å². The number of fused-ring (bicyclic) bond motifs is 1. The molecule has 2 aromatic heterocycles. The lowest BCUT2D eigenvalue weighted by Crippen LogP contribution is -2.68. The van der Waals surface area contributed by atoms with Crippen molar-refractivity contribution in [1.82, 2.24) is 24.4 Å². The molecule has 3 heterocycles. The highest BCUT2D eigenvalue weighted by Crippen LogP contribution is 2.32. The number of halogens is 4. The Morgan fingerprint density at radius 2 is 1.74 bits per heavy atom. The fraction of sp³-hybridized carbons (Fsp3) is 0.462. The van der Waals surface area contributed by atoms with Gasteiger partial charge in [0.15, 0.2) is 11.2 Å². The quantitative estimate of drug-likeness (QED) is 0.511. The first-order valence-electron chi connectivity index (χ1n) is 12.2. The summed E-state index contributed by atoms with van der Waals surface area (Å²) >= 11 is 0. The number of piperazine rings is 1. The molecule has 4 rings (SSSR count). The van der Waals surface area contributed by atoms with E-state index in [9.17, 15) is 27.2 Å². The van der Waals surface area contributed by atoms with E-state index in [0.29, 0.717) is 23.8 Å². The first-order chi connectivity index (χ1) is 17.5.